The number of carbonyl (C=O) groups excluding carboxylic acids is 1. The zero-order valence-electron chi connectivity index (χ0n) is 21.9. The average molecular weight is 534 g/mol. The van der Waals surface area contributed by atoms with Crippen LogP contribution >= 0.6 is 0 Å². The number of aromatic nitrogens is 2. The molecular weight excluding hydrogens is 501 g/mol. The third kappa shape index (κ3) is 4.96. The summed E-state index contributed by atoms with van der Waals surface area (Å²) >= 11 is 0. The van der Waals surface area contributed by atoms with Crippen molar-refractivity contribution in [1.82, 2.24) is 14.5 Å². The van der Waals surface area contributed by atoms with Crippen molar-refractivity contribution in [2.45, 2.75) is 63.6 Å². The lowest BCUT2D eigenvalue weighted by Gasteiger charge is -2.34. The minimum atomic E-state index is -1.80. The van der Waals surface area contributed by atoms with Crippen LogP contribution in [0, 0.1) is 5.92 Å². The molecule has 0 spiro atoms. The van der Waals surface area contributed by atoms with Crippen molar-refractivity contribution in [2.24, 2.45) is 13.0 Å². The Morgan fingerprint density at radius 1 is 1.15 bits per heavy atom. The van der Waals surface area contributed by atoms with E-state index < -0.39 is 30.5 Å². The first kappa shape index (κ1) is 25.7. The Bertz CT molecular complexity index is 1530. The van der Waals surface area contributed by atoms with Crippen LogP contribution < -0.4 is 0 Å². The molecule has 2 fully saturated rings. The van der Waals surface area contributed by atoms with E-state index in [1.807, 2.05) is 60.3 Å². The summed E-state index contributed by atoms with van der Waals surface area (Å²) in [4.78, 5) is 31.0. The highest BCUT2D eigenvalue weighted by Gasteiger charge is 2.40. The maximum absolute atomic E-state index is 15.3. The summed E-state index contributed by atoms with van der Waals surface area (Å²) in [6.45, 7) is -1.40. The number of carboxylic acid groups (broad SMARTS) is 1. The number of aliphatic carboxylic acids is 1. The van der Waals surface area contributed by atoms with Crippen molar-refractivity contribution >= 4 is 33.8 Å². The molecule has 2 aliphatic rings. The van der Waals surface area contributed by atoms with Crippen molar-refractivity contribution in [3.05, 3.63) is 54.2 Å². The molecule has 6 rings (SSSR count). The SMILES string of the molecule is Cn1cc(-c2nc3ccc(CC(=O)[C@@H]4CCCN4[C@H](F)OC4CCCCC4C(=O)O)cc3o2)c2ccccc21. The van der Waals surface area contributed by atoms with E-state index in [0.717, 1.165) is 34.9 Å². The second-order valence-corrected chi connectivity index (χ2v) is 10.7. The lowest BCUT2D eigenvalue weighted by atomic mass is 9.86. The minimum absolute atomic E-state index is 0.0923. The van der Waals surface area contributed by atoms with Crippen molar-refractivity contribution in [3.63, 3.8) is 0 Å². The number of nitrogens with zero attached hydrogens (tertiary/aromatic N) is 3. The number of Topliss-reactive ketones (excluding diaryl/α,β-unsaturated/α-hetero) is 1. The van der Waals surface area contributed by atoms with Crippen molar-refractivity contribution < 1.29 is 28.2 Å². The summed E-state index contributed by atoms with van der Waals surface area (Å²) in [7, 11) is 1.98. The van der Waals surface area contributed by atoms with Crippen molar-refractivity contribution in [1.29, 1.82) is 0 Å². The molecule has 4 aromatic rings. The van der Waals surface area contributed by atoms with E-state index in [-0.39, 0.29) is 12.2 Å². The Kier molecular flexibility index (Phi) is 6.95. The number of hydrogen-bond donors (Lipinski definition) is 1. The molecule has 8 nitrogen and oxygen atoms in total. The number of ketones is 1. The van der Waals surface area contributed by atoms with E-state index in [9.17, 15) is 14.7 Å². The first-order valence-corrected chi connectivity index (χ1v) is 13.6. The van der Waals surface area contributed by atoms with Crippen LogP contribution in [0.15, 0.2) is 53.1 Å². The number of carbonyl (C=O) groups is 2. The molecule has 2 aromatic heterocycles. The second kappa shape index (κ2) is 10.5. The molecular formula is C30H32FN3O5. The number of ether oxygens (including phenoxy) is 1. The van der Waals surface area contributed by atoms with Crippen LogP contribution in [0.25, 0.3) is 33.5 Å². The third-order valence-corrected chi connectivity index (χ3v) is 8.19. The Morgan fingerprint density at radius 2 is 1.97 bits per heavy atom. The number of rotatable bonds is 8. The molecule has 0 amide bonds. The molecule has 204 valence electrons. The number of benzene rings is 2. The first-order valence-electron chi connectivity index (χ1n) is 13.6. The van der Waals surface area contributed by atoms with Gasteiger partial charge in [0.25, 0.3) is 6.48 Å². The summed E-state index contributed by atoms with van der Waals surface area (Å²) in [5, 5.41) is 10.5. The van der Waals surface area contributed by atoms with Gasteiger partial charge in [0.2, 0.25) is 5.89 Å². The summed E-state index contributed by atoms with van der Waals surface area (Å²) in [6, 6.07) is 13.0. The third-order valence-electron chi connectivity index (χ3n) is 8.19. The molecule has 3 heterocycles. The van der Waals surface area contributed by atoms with E-state index in [1.165, 1.54) is 4.90 Å². The molecule has 39 heavy (non-hydrogen) atoms. The zero-order chi connectivity index (χ0) is 27.1. The zero-order valence-corrected chi connectivity index (χ0v) is 21.9. The van der Waals surface area contributed by atoms with Crippen LogP contribution in [0.4, 0.5) is 4.39 Å². The van der Waals surface area contributed by atoms with Crippen LogP contribution in [0.2, 0.25) is 0 Å². The molecule has 2 aromatic carbocycles. The molecule has 1 saturated carbocycles. The summed E-state index contributed by atoms with van der Waals surface area (Å²) in [6.07, 6.45) is 5.31. The lowest BCUT2D eigenvalue weighted by Crippen LogP contribution is -2.46. The van der Waals surface area contributed by atoms with E-state index in [0.29, 0.717) is 49.2 Å². The second-order valence-electron chi connectivity index (χ2n) is 10.7. The molecule has 1 aliphatic heterocycles. The fourth-order valence-corrected chi connectivity index (χ4v) is 6.17. The monoisotopic (exact) mass is 533 g/mol. The van der Waals surface area contributed by atoms with Gasteiger partial charge in [-0.15, -0.1) is 0 Å². The molecule has 9 heteroatoms. The number of hydrogen-bond acceptors (Lipinski definition) is 6. The smallest absolute Gasteiger partial charge is 0.309 e. The predicted molar refractivity (Wildman–Crippen MR) is 144 cm³/mol. The Labute approximate surface area is 225 Å². The number of halogens is 1. The van der Waals surface area contributed by atoms with Crippen LogP contribution in [-0.4, -0.2) is 56.5 Å². The van der Waals surface area contributed by atoms with Gasteiger partial charge in [0.15, 0.2) is 11.4 Å². The fourth-order valence-electron chi connectivity index (χ4n) is 6.17. The van der Waals surface area contributed by atoms with Crippen molar-refractivity contribution in [3.8, 4) is 11.5 Å². The Morgan fingerprint density at radius 3 is 2.82 bits per heavy atom. The van der Waals surface area contributed by atoms with E-state index in [1.54, 1.807) is 0 Å². The van der Waals surface area contributed by atoms with Gasteiger partial charge >= 0.3 is 5.97 Å². The van der Waals surface area contributed by atoms with E-state index >= 15 is 4.39 Å². The van der Waals surface area contributed by atoms with Crippen LogP contribution in [0.3, 0.4) is 0 Å². The summed E-state index contributed by atoms with van der Waals surface area (Å²) in [5.74, 6) is -1.23. The minimum Gasteiger partial charge on any atom is -0.481 e. The first-order chi connectivity index (χ1) is 18.9. The molecule has 0 bridgehead atoms. The molecule has 4 atom stereocenters. The highest BCUT2D eigenvalue weighted by atomic mass is 19.1. The maximum Gasteiger partial charge on any atom is 0.309 e. The molecule has 2 unspecified atom stereocenters. The molecule has 1 aliphatic carbocycles. The number of fused-ring (bicyclic) bond motifs is 2. The highest BCUT2D eigenvalue weighted by Crippen LogP contribution is 2.33. The van der Waals surface area contributed by atoms with Gasteiger partial charge < -0.3 is 18.8 Å². The van der Waals surface area contributed by atoms with Gasteiger partial charge in [0.1, 0.15) is 5.52 Å². The number of para-hydroxylation sites is 1. The van der Waals surface area contributed by atoms with Gasteiger partial charge in [-0.05, 0) is 49.4 Å². The molecule has 1 N–H and O–H groups in total. The highest BCUT2D eigenvalue weighted by molar-refractivity contribution is 5.95. The summed E-state index contributed by atoms with van der Waals surface area (Å²) in [5.41, 5.74) is 4.05. The van der Waals surface area contributed by atoms with Gasteiger partial charge in [0.05, 0.1) is 23.6 Å². The van der Waals surface area contributed by atoms with E-state index in [2.05, 4.69) is 4.98 Å². The summed E-state index contributed by atoms with van der Waals surface area (Å²) < 4.78 is 29.1. The number of aryl methyl sites for hydroxylation is 1. The largest absolute Gasteiger partial charge is 0.481 e. The van der Waals surface area contributed by atoms with Gasteiger partial charge in [0, 0.05) is 37.1 Å². The van der Waals surface area contributed by atoms with Crippen LogP contribution in [-0.2, 0) is 27.8 Å². The lowest BCUT2D eigenvalue weighted by molar-refractivity contribution is -0.200. The van der Waals surface area contributed by atoms with Gasteiger partial charge in [-0.25, -0.2) is 9.88 Å². The number of carboxylic acids is 1. The number of likely N-dealkylation sites (tertiary alicyclic amines) is 1. The molecule has 1 saturated heterocycles. The van der Waals surface area contributed by atoms with Crippen LogP contribution in [0.5, 0.6) is 0 Å². The van der Waals surface area contributed by atoms with Gasteiger partial charge in [-0.2, -0.15) is 4.39 Å². The van der Waals surface area contributed by atoms with Gasteiger partial charge in [-0.1, -0.05) is 37.1 Å². The molecule has 0 radical (unpaired) electrons. The fraction of sp³-hybridized carbons (Fsp3) is 0.433. The average Bonchev–Trinajstić information content (AvgIpc) is 3.66. The number of oxazole rings is 1. The quantitative estimate of drug-likeness (QED) is 0.300. The van der Waals surface area contributed by atoms with E-state index in [4.69, 9.17) is 9.15 Å². The van der Waals surface area contributed by atoms with Crippen LogP contribution in [0.1, 0.15) is 44.1 Å². The Hall–Kier alpha value is -3.56. The number of alkyl halides is 1. The van der Waals surface area contributed by atoms with Gasteiger partial charge in [-0.3, -0.25) is 9.59 Å². The van der Waals surface area contributed by atoms with Crippen molar-refractivity contribution in [2.75, 3.05) is 6.54 Å². The predicted octanol–water partition coefficient (Wildman–Crippen LogP) is 5.48. The topological polar surface area (TPSA) is 97.8 Å². The maximum atomic E-state index is 15.3. The standard InChI is InChI=1S/C30H32FN3O5/c1-33-17-21(19-7-2-4-9-23(19)33)28-32-22-13-12-18(16-27(22)38-28)15-25(35)24-10-6-14-34(24)30(31)39-26-11-5-3-8-20(26)29(36)37/h2,4,7,9,12-13,16-17,20,24,26,30H,3,5-6,8,10-11,14-15H2,1H3,(H,36,37)/t20?,24-,26?,30-/m0/s1. The Balaban J connectivity index is 1.16. The normalized spacial score (nSPS) is 23.0.